The number of halogens is 1. The van der Waals surface area contributed by atoms with Crippen molar-refractivity contribution in [3.63, 3.8) is 0 Å². The summed E-state index contributed by atoms with van der Waals surface area (Å²) >= 11 is 0. The van der Waals surface area contributed by atoms with Crippen LogP contribution in [0, 0.1) is 0 Å². The summed E-state index contributed by atoms with van der Waals surface area (Å²) in [6, 6.07) is 0. The number of hydrogen-bond acceptors (Lipinski definition) is 2. The first kappa shape index (κ1) is 10.4. The van der Waals surface area contributed by atoms with Crippen LogP contribution >= 0.6 is 0 Å². The minimum absolute atomic E-state index is 0.593. The first-order valence-corrected chi connectivity index (χ1v) is 4.86. The smallest absolute Gasteiger partial charge is 0.207 e. The number of nitrogens with zero attached hydrogens (tertiary/aromatic N) is 1. The summed E-state index contributed by atoms with van der Waals surface area (Å²) in [4.78, 5) is 12.2. The normalized spacial score (nSPS) is 20.1. The number of likely N-dealkylation sites (tertiary alicyclic amines) is 1. The minimum Gasteiger partial charge on any atom is -0.359 e. The summed E-state index contributed by atoms with van der Waals surface area (Å²) < 4.78 is 12.7. The molecule has 1 aliphatic heterocycles. The highest BCUT2D eigenvalue weighted by Crippen LogP contribution is 2.12. The Morgan fingerprint density at radius 2 is 2.15 bits per heavy atom. The summed E-state index contributed by atoms with van der Waals surface area (Å²) in [5.41, 5.74) is 0. The molecular formula is C9H17FN2O. The average Bonchev–Trinajstić information content (AvgIpc) is 2.15. The highest BCUT2D eigenvalue weighted by atomic mass is 19.1. The number of alkyl halides is 1. The fraction of sp³-hybridized carbons (Fsp3) is 0.889. The zero-order chi connectivity index (χ0) is 9.52. The number of piperidine rings is 1. The van der Waals surface area contributed by atoms with Crippen LogP contribution in [0.2, 0.25) is 0 Å². The Bertz CT molecular complexity index is 147. The van der Waals surface area contributed by atoms with Crippen molar-refractivity contribution in [2.45, 2.75) is 25.4 Å². The van der Waals surface area contributed by atoms with Gasteiger partial charge in [0.05, 0.1) is 0 Å². The van der Waals surface area contributed by atoms with E-state index in [4.69, 9.17) is 0 Å². The maximum absolute atomic E-state index is 12.7. The van der Waals surface area contributed by atoms with E-state index in [-0.39, 0.29) is 0 Å². The molecule has 0 aromatic rings. The van der Waals surface area contributed by atoms with Gasteiger partial charge in [0.15, 0.2) is 0 Å². The Kier molecular flexibility index (Phi) is 4.75. The van der Waals surface area contributed by atoms with Crippen LogP contribution in [0.4, 0.5) is 4.39 Å². The number of nitrogens with one attached hydrogen (secondary N) is 1. The molecule has 1 N–H and O–H groups in total. The van der Waals surface area contributed by atoms with Gasteiger partial charge in [0.2, 0.25) is 6.41 Å². The zero-order valence-corrected chi connectivity index (χ0v) is 7.84. The maximum Gasteiger partial charge on any atom is 0.207 e. The molecule has 4 heteroatoms. The summed E-state index contributed by atoms with van der Waals surface area (Å²) in [6.07, 6.45) is 2.41. The van der Waals surface area contributed by atoms with Crippen LogP contribution < -0.4 is 5.32 Å². The van der Waals surface area contributed by atoms with Crippen LogP contribution in [0.3, 0.4) is 0 Å². The Labute approximate surface area is 78.3 Å². The highest BCUT2D eigenvalue weighted by molar-refractivity contribution is 5.45. The third-order valence-electron chi connectivity index (χ3n) is 2.40. The second-order valence-corrected chi connectivity index (χ2v) is 3.44. The molecule has 0 unspecified atom stereocenters. The topological polar surface area (TPSA) is 32.3 Å². The largest absolute Gasteiger partial charge is 0.359 e. The van der Waals surface area contributed by atoms with Crippen LogP contribution in [0.5, 0.6) is 0 Å². The average molecular weight is 188 g/mol. The number of carbonyl (C=O) groups is 1. The SMILES string of the molecule is O=CNCCCN1CCC(F)CC1. The number of carbonyl (C=O) groups excluding carboxylic acids is 1. The summed E-state index contributed by atoms with van der Waals surface area (Å²) in [5, 5.41) is 2.62. The molecule has 1 aliphatic rings. The van der Waals surface area contributed by atoms with Crippen molar-refractivity contribution in [1.82, 2.24) is 10.2 Å². The van der Waals surface area contributed by atoms with E-state index in [2.05, 4.69) is 10.2 Å². The van der Waals surface area contributed by atoms with Gasteiger partial charge in [-0.2, -0.15) is 0 Å². The van der Waals surface area contributed by atoms with E-state index in [1.165, 1.54) is 0 Å². The van der Waals surface area contributed by atoms with Gasteiger partial charge in [-0.15, -0.1) is 0 Å². The first-order chi connectivity index (χ1) is 6.33. The second-order valence-electron chi connectivity index (χ2n) is 3.44. The third-order valence-corrected chi connectivity index (χ3v) is 2.40. The van der Waals surface area contributed by atoms with Crippen LogP contribution in [0.25, 0.3) is 0 Å². The molecule has 0 spiro atoms. The van der Waals surface area contributed by atoms with E-state index >= 15 is 0 Å². The molecule has 0 saturated carbocycles. The number of amides is 1. The Morgan fingerprint density at radius 3 is 2.77 bits per heavy atom. The molecule has 0 aliphatic carbocycles. The molecule has 1 amide bonds. The molecule has 0 bridgehead atoms. The van der Waals surface area contributed by atoms with E-state index in [1.54, 1.807) is 0 Å². The van der Waals surface area contributed by atoms with Crippen LogP contribution in [-0.4, -0.2) is 43.7 Å². The molecule has 0 aromatic heterocycles. The predicted molar refractivity (Wildman–Crippen MR) is 49.3 cm³/mol. The van der Waals surface area contributed by atoms with E-state index in [9.17, 15) is 9.18 Å². The maximum atomic E-state index is 12.7. The Hall–Kier alpha value is -0.640. The van der Waals surface area contributed by atoms with Gasteiger partial charge in [0.1, 0.15) is 6.17 Å². The molecule has 1 rings (SSSR count). The van der Waals surface area contributed by atoms with Gasteiger partial charge in [-0.1, -0.05) is 0 Å². The molecule has 76 valence electrons. The van der Waals surface area contributed by atoms with E-state index in [0.29, 0.717) is 19.3 Å². The molecular weight excluding hydrogens is 171 g/mol. The van der Waals surface area contributed by atoms with Crippen molar-refractivity contribution in [3.05, 3.63) is 0 Å². The van der Waals surface area contributed by atoms with Gasteiger partial charge in [0.25, 0.3) is 0 Å². The molecule has 0 atom stereocenters. The zero-order valence-electron chi connectivity index (χ0n) is 7.84. The molecule has 1 fully saturated rings. The van der Waals surface area contributed by atoms with Crippen molar-refractivity contribution in [3.8, 4) is 0 Å². The van der Waals surface area contributed by atoms with Gasteiger partial charge in [-0.05, 0) is 25.8 Å². The molecule has 0 aromatic carbocycles. The molecule has 3 nitrogen and oxygen atoms in total. The summed E-state index contributed by atoms with van der Waals surface area (Å²) in [6.45, 7) is 3.41. The lowest BCUT2D eigenvalue weighted by Crippen LogP contribution is -2.36. The highest BCUT2D eigenvalue weighted by Gasteiger charge is 2.17. The lowest BCUT2D eigenvalue weighted by atomic mass is 10.1. The molecule has 1 heterocycles. The van der Waals surface area contributed by atoms with Crippen molar-refractivity contribution in [1.29, 1.82) is 0 Å². The summed E-state index contributed by atoms with van der Waals surface area (Å²) in [7, 11) is 0. The van der Waals surface area contributed by atoms with Crippen LogP contribution in [0.15, 0.2) is 0 Å². The monoisotopic (exact) mass is 188 g/mol. The van der Waals surface area contributed by atoms with Gasteiger partial charge in [-0.25, -0.2) is 4.39 Å². The van der Waals surface area contributed by atoms with Crippen molar-refractivity contribution >= 4 is 6.41 Å². The fourth-order valence-electron chi connectivity index (χ4n) is 1.59. The first-order valence-electron chi connectivity index (χ1n) is 4.86. The summed E-state index contributed by atoms with van der Waals surface area (Å²) in [5.74, 6) is 0. The quantitative estimate of drug-likeness (QED) is 0.505. The minimum atomic E-state index is -0.593. The number of rotatable bonds is 5. The van der Waals surface area contributed by atoms with Crippen molar-refractivity contribution < 1.29 is 9.18 Å². The number of hydrogen-bond donors (Lipinski definition) is 1. The molecule has 13 heavy (non-hydrogen) atoms. The van der Waals surface area contributed by atoms with E-state index < -0.39 is 6.17 Å². The van der Waals surface area contributed by atoms with Gasteiger partial charge >= 0.3 is 0 Å². The molecule has 0 radical (unpaired) electrons. The lowest BCUT2D eigenvalue weighted by Gasteiger charge is -2.28. The van der Waals surface area contributed by atoms with Crippen molar-refractivity contribution in [2.75, 3.05) is 26.2 Å². The fourth-order valence-corrected chi connectivity index (χ4v) is 1.59. The predicted octanol–water partition coefficient (Wildman–Crippen LogP) is 0.556. The lowest BCUT2D eigenvalue weighted by molar-refractivity contribution is -0.109. The van der Waals surface area contributed by atoms with E-state index in [0.717, 1.165) is 32.6 Å². The van der Waals surface area contributed by atoms with Gasteiger partial charge in [-0.3, -0.25) is 4.79 Å². The third kappa shape index (κ3) is 4.22. The van der Waals surface area contributed by atoms with Crippen LogP contribution in [0.1, 0.15) is 19.3 Å². The Morgan fingerprint density at radius 1 is 1.46 bits per heavy atom. The second kappa shape index (κ2) is 5.91. The standard InChI is InChI=1S/C9H17FN2O/c10-9-2-6-12(7-3-9)5-1-4-11-8-13/h8-9H,1-7H2,(H,11,13). The van der Waals surface area contributed by atoms with Crippen LogP contribution in [-0.2, 0) is 4.79 Å². The van der Waals surface area contributed by atoms with E-state index in [1.807, 2.05) is 0 Å². The van der Waals surface area contributed by atoms with Crippen molar-refractivity contribution in [2.24, 2.45) is 0 Å². The Balaban J connectivity index is 1.99. The van der Waals surface area contributed by atoms with Gasteiger partial charge in [0, 0.05) is 19.6 Å². The molecule has 1 saturated heterocycles. The van der Waals surface area contributed by atoms with Gasteiger partial charge < -0.3 is 10.2 Å².